The highest BCUT2D eigenvalue weighted by Gasteiger charge is 2.41. The van der Waals surface area contributed by atoms with Gasteiger partial charge in [0.2, 0.25) is 0 Å². The quantitative estimate of drug-likeness (QED) is 0.346. The van der Waals surface area contributed by atoms with E-state index in [4.69, 9.17) is 26.1 Å². The molecular weight excluding hydrogens is 658 g/mol. The Balaban J connectivity index is 0.809. The van der Waals surface area contributed by atoms with Crippen molar-refractivity contribution in [2.24, 2.45) is 11.3 Å². The number of carbonyl (C=O) groups excluding carboxylic acids is 2. The third kappa shape index (κ3) is 6.92. The van der Waals surface area contributed by atoms with Crippen LogP contribution in [0.1, 0.15) is 95.0 Å². The van der Waals surface area contributed by atoms with Crippen LogP contribution in [0.4, 0.5) is 16.3 Å². The summed E-state index contributed by atoms with van der Waals surface area (Å²) in [6.45, 7) is 12.3. The predicted octanol–water partition coefficient (Wildman–Crippen LogP) is 5.65. The number of carbonyl (C=O) groups is 2. The Kier molecular flexibility index (Phi) is 8.96. The lowest BCUT2D eigenvalue weighted by Crippen LogP contribution is -2.49. The maximum atomic E-state index is 13.4. The van der Waals surface area contributed by atoms with Gasteiger partial charge in [-0.1, -0.05) is 11.6 Å². The molecule has 8 rings (SSSR count). The predicted molar refractivity (Wildman–Crippen MR) is 190 cm³/mol. The fourth-order valence-corrected chi connectivity index (χ4v) is 9.03. The molecule has 3 aromatic rings. The lowest BCUT2D eigenvalue weighted by Gasteiger charge is -2.47. The van der Waals surface area contributed by atoms with Gasteiger partial charge in [0.05, 0.1) is 42.9 Å². The van der Waals surface area contributed by atoms with E-state index in [9.17, 15) is 9.59 Å². The molecule has 0 radical (unpaired) electrons. The largest absolute Gasteiger partial charge is 0.444 e. The molecule has 5 aliphatic rings. The molecule has 270 valence electrons. The van der Waals surface area contributed by atoms with Crippen LogP contribution in [-0.2, 0) is 9.47 Å². The van der Waals surface area contributed by atoms with Crippen LogP contribution in [0.5, 0.6) is 0 Å². The summed E-state index contributed by atoms with van der Waals surface area (Å²) in [5.74, 6) is 1.21. The first-order chi connectivity index (χ1) is 24.0. The van der Waals surface area contributed by atoms with Crippen molar-refractivity contribution in [2.75, 3.05) is 56.1 Å². The Morgan fingerprint density at radius 1 is 1.06 bits per heavy atom. The molecule has 0 aromatic carbocycles. The average molecular weight is 708 g/mol. The molecule has 7 heterocycles. The number of piperidine rings is 2. The molecule has 3 aromatic heterocycles. The topological polar surface area (TPSA) is 122 Å². The Morgan fingerprint density at radius 2 is 1.80 bits per heavy atom. The Bertz CT molecular complexity index is 1710. The first-order valence-corrected chi connectivity index (χ1v) is 18.9. The first kappa shape index (κ1) is 33.7. The maximum Gasteiger partial charge on any atom is 0.410 e. The van der Waals surface area contributed by atoms with Crippen LogP contribution in [0.25, 0.3) is 5.65 Å². The van der Waals surface area contributed by atoms with Crippen LogP contribution in [0, 0.1) is 11.3 Å². The normalized spacial score (nSPS) is 27.0. The van der Waals surface area contributed by atoms with Crippen LogP contribution in [-0.4, -0.2) is 110 Å². The van der Waals surface area contributed by atoms with Crippen LogP contribution in [0.3, 0.4) is 0 Å². The number of amides is 2. The first-order valence-electron chi connectivity index (χ1n) is 18.5. The van der Waals surface area contributed by atoms with Gasteiger partial charge in [-0.3, -0.25) is 9.48 Å². The molecule has 13 nitrogen and oxygen atoms in total. The number of nitrogens with zero attached hydrogens (tertiary/aromatic N) is 8. The van der Waals surface area contributed by atoms with E-state index in [-0.39, 0.29) is 29.3 Å². The smallest absolute Gasteiger partial charge is 0.410 e. The number of anilines is 2. The van der Waals surface area contributed by atoms with E-state index in [0.29, 0.717) is 40.9 Å². The summed E-state index contributed by atoms with van der Waals surface area (Å²) in [5.41, 5.74) is 1.33. The lowest BCUT2D eigenvalue weighted by atomic mass is 9.71. The van der Waals surface area contributed by atoms with E-state index in [1.54, 1.807) is 10.7 Å². The maximum absolute atomic E-state index is 13.4. The third-order valence-electron chi connectivity index (χ3n) is 11.8. The Morgan fingerprint density at radius 3 is 2.48 bits per heavy atom. The van der Waals surface area contributed by atoms with E-state index in [0.717, 1.165) is 90.0 Å². The number of hydrogen-bond donors (Lipinski definition) is 1. The summed E-state index contributed by atoms with van der Waals surface area (Å²) >= 11 is 6.57. The average Bonchev–Trinajstić information content (AvgIpc) is 3.90. The third-order valence-corrected chi connectivity index (χ3v) is 12.1. The van der Waals surface area contributed by atoms with E-state index in [2.05, 4.69) is 25.3 Å². The van der Waals surface area contributed by atoms with E-state index in [1.165, 1.54) is 12.8 Å². The van der Waals surface area contributed by atoms with Crippen LogP contribution < -0.4 is 10.2 Å². The van der Waals surface area contributed by atoms with Gasteiger partial charge in [0.25, 0.3) is 5.91 Å². The molecule has 4 aliphatic heterocycles. The minimum Gasteiger partial charge on any atom is -0.444 e. The molecule has 2 bridgehead atoms. The number of hydrogen-bond acceptors (Lipinski definition) is 9. The van der Waals surface area contributed by atoms with Crippen molar-refractivity contribution < 1.29 is 19.1 Å². The van der Waals surface area contributed by atoms with Crippen molar-refractivity contribution in [1.82, 2.24) is 34.2 Å². The standard InChI is InChI=1S/C36H50ClN9O4/c1-35(2,3)50-34(48)43-16-11-36(12-17-43)9-14-42(15-10-36)20-24-4-6-25(7-5-24)46-22-29(31(37)41-46)39-33(47)28-19-38-45-13-8-30(40-32(28)45)44-21-27-18-26(44)23-49-27/h8,13,19,22,24-27H,4-7,9-12,14-18,20-21,23H2,1-3H3,(H,39,47)/t24?,25?,26-,27-/m1/s1. The van der Waals surface area contributed by atoms with Crippen molar-refractivity contribution >= 4 is 40.8 Å². The van der Waals surface area contributed by atoms with Crippen molar-refractivity contribution in [2.45, 2.75) is 102 Å². The van der Waals surface area contributed by atoms with Gasteiger partial charge >= 0.3 is 6.09 Å². The number of aromatic nitrogens is 5. The zero-order valence-electron chi connectivity index (χ0n) is 29.5. The summed E-state index contributed by atoms with van der Waals surface area (Å²) in [7, 11) is 0. The fourth-order valence-electron chi connectivity index (χ4n) is 8.85. The van der Waals surface area contributed by atoms with Crippen LogP contribution >= 0.6 is 11.6 Å². The summed E-state index contributed by atoms with van der Waals surface area (Å²) in [4.78, 5) is 37.6. The van der Waals surface area contributed by atoms with Crippen molar-refractivity contribution in [3.05, 3.63) is 35.4 Å². The summed E-state index contributed by atoms with van der Waals surface area (Å²) < 4.78 is 14.9. The number of likely N-dealkylation sites (tertiary alicyclic amines) is 2. The van der Waals surface area contributed by atoms with Gasteiger partial charge in [-0.2, -0.15) is 10.2 Å². The Hall–Kier alpha value is -3.42. The zero-order valence-corrected chi connectivity index (χ0v) is 30.3. The molecule has 1 saturated carbocycles. The van der Waals surface area contributed by atoms with Gasteiger partial charge in [0.15, 0.2) is 10.8 Å². The van der Waals surface area contributed by atoms with Crippen LogP contribution in [0.2, 0.25) is 5.15 Å². The van der Waals surface area contributed by atoms with Gasteiger partial charge in [-0.15, -0.1) is 0 Å². The molecule has 0 unspecified atom stereocenters. The number of halogens is 1. The number of morpholine rings is 1. The Labute approximate surface area is 298 Å². The molecule has 5 fully saturated rings. The zero-order chi connectivity index (χ0) is 34.6. The van der Waals surface area contributed by atoms with Gasteiger partial charge in [0, 0.05) is 32.4 Å². The summed E-state index contributed by atoms with van der Waals surface area (Å²) in [5, 5.41) is 12.2. The van der Waals surface area contributed by atoms with Gasteiger partial charge in [-0.05, 0) is 109 Å². The SMILES string of the molecule is CC(C)(C)OC(=O)N1CCC2(CCN(CC3CCC(n4cc(NC(=O)c5cnn6ccc(N7C[C@H]8C[C@@H]7CO8)nc56)c(Cl)n4)CC3)CC2)CC1. The minimum absolute atomic E-state index is 0.172. The number of rotatable bonds is 6. The number of nitrogens with one attached hydrogen (secondary N) is 1. The number of ether oxygens (including phenoxy) is 2. The van der Waals surface area contributed by atoms with E-state index >= 15 is 0 Å². The van der Waals surface area contributed by atoms with Gasteiger partial charge in [0.1, 0.15) is 17.0 Å². The van der Waals surface area contributed by atoms with Gasteiger partial charge in [-0.25, -0.2) is 14.3 Å². The minimum atomic E-state index is -0.451. The second-order valence-corrected chi connectivity index (χ2v) is 16.7. The van der Waals surface area contributed by atoms with Crippen molar-refractivity contribution in [1.29, 1.82) is 0 Å². The van der Waals surface area contributed by atoms with Crippen molar-refractivity contribution in [3.63, 3.8) is 0 Å². The van der Waals surface area contributed by atoms with E-state index < -0.39 is 5.60 Å². The van der Waals surface area contributed by atoms with Gasteiger partial charge < -0.3 is 29.5 Å². The molecule has 4 saturated heterocycles. The molecule has 2 atom stereocenters. The highest BCUT2D eigenvalue weighted by Crippen LogP contribution is 2.42. The van der Waals surface area contributed by atoms with Crippen LogP contribution in [0.15, 0.2) is 24.7 Å². The molecule has 2 amide bonds. The lowest BCUT2D eigenvalue weighted by molar-refractivity contribution is -0.00438. The molecular formula is C36H50ClN9O4. The highest BCUT2D eigenvalue weighted by molar-refractivity contribution is 6.32. The second-order valence-electron chi connectivity index (χ2n) is 16.3. The van der Waals surface area contributed by atoms with Crippen molar-refractivity contribution in [3.8, 4) is 0 Å². The molecule has 50 heavy (non-hydrogen) atoms. The summed E-state index contributed by atoms with van der Waals surface area (Å²) in [6.07, 6.45) is 15.3. The number of fused-ring (bicyclic) bond motifs is 3. The summed E-state index contributed by atoms with van der Waals surface area (Å²) in [6, 6.07) is 2.53. The highest BCUT2D eigenvalue weighted by atomic mass is 35.5. The monoisotopic (exact) mass is 707 g/mol. The van der Waals surface area contributed by atoms with E-state index in [1.807, 2.05) is 48.8 Å². The fraction of sp³-hybridized carbons (Fsp3) is 0.694. The molecule has 1 aliphatic carbocycles. The molecule has 1 spiro atoms. The molecule has 1 N–H and O–H groups in total. The second kappa shape index (κ2) is 13.3. The molecule has 14 heteroatoms.